The Morgan fingerprint density at radius 1 is 1.24 bits per heavy atom. The Hall–Kier alpha value is -1.35. The molecule has 17 heavy (non-hydrogen) atoms. The van der Waals surface area contributed by atoms with Crippen molar-refractivity contribution in [2.45, 2.75) is 38.5 Å². The molecule has 0 amide bonds. The SMILES string of the molecule is CC(C)(C)c1ccc(C(CCO)C(=O)O)cc1. The molecule has 0 heterocycles. The number of hydrogen-bond donors (Lipinski definition) is 2. The van der Waals surface area contributed by atoms with E-state index in [9.17, 15) is 4.79 Å². The lowest BCUT2D eigenvalue weighted by Crippen LogP contribution is -2.15. The molecule has 1 aromatic carbocycles. The van der Waals surface area contributed by atoms with Gasteiger partial charge in [0.15, 0.2) is 0 Å². The first-order chi connectivity index (χ1) is 7.86. The van der Waals surface area contributed by atoms with E-state index in [4.69, 9.17) is 10.2 Å². The molecule has 0 aliphatic rings. The van der Waals surface area contributed by atoms with Crippen molar-refractivity contribution in [2.24, 2.45) is 0 Å². The predicted molar refractivity (Wildman–Crippen MR) is 67.2 cm³/mol. The van der Waals surface area contributed by atoms with Crippen LogP contribution in [0.3, 0.4) is 0 Å². The Bertz CT molecular complexity index is 373. The quantitative estimate of drug-likeness (QED) is 0.844. The van der Waals surface area contributed by atoms with Gasteiger partial charge >= 0.3 is 5.97 Å². The molecule has 1 atom stereocenters. The molecule has 0 fully saturated rings. The van der Waals surface area contributed by atoms with Crippen molar-refractivity contribution < 1.29 is 15.0 Å². The highest BCUT2D eigenvalue weighted by Crippen LogP contribution is 2.25. The number of carbonyl (C=O) groups is 1. The molecule has 3 heteroatoms. The van der Waals surface area contributed by atoms with Crippen molar-refractivity contribution in [2.75, 3.05) is 6.61 Å². The van der Waals surface area contributed by atoms with E-state index in [1.54, 1.807) is 0 Å². The second-order valence-corrected chi connectivity index (χ2v) is 5.28. The van der Waals surface area contributed by atoms with E-state index < -0.39 is 11.9 Å². The van der Waals surface area contributed by atoms with Crippen LogP contribution in [0.15, 0.2) is 24.3 Å². The van der Waals surface area contributed by atoms with Crippen LogP contribution in [0.2, 0.25) is 0 Å². The summed E-state index contributed by atoms with van der Waals surface area (Å²) in [5.41, 5.74) is 1.99. The van der Waals surface area contributed by atoms with Crippen molar-refractivity contribution in [3.05, 3.63) is 35.4 Å². The predicted octanol–water partition coefficient (Wildman–Crippen LogP) is 2.53. The molecule has 0 saturated carbocycles. The lowest BCUT2D eigenvalue weighted by Gasteiger charge is -2.20. The van der Waals surface area contributed by atoms with Crippen LogP contribution in [0.5, 0.6) is 0 Å². The van der Waals surface area contributed by atoms with E-state index in [1.165, 1.54) is 5.56 Å². The maximum absolute atomic E-state index is 11.1. The van der Waals surface area contributed by atoms with Crippen LogP contribution in [-0.4, -0.2) is 22.8 Å². The summed E-state index contributed by atoms with van der Waals surface area (Å²) in [6, 6.07) is 7.61. The molecule has 0 aliphatic heterocycles. The molecule has 0 aromatic heterocycles. The lowest BCUT2D eigenvalue weighted by atomic mass is 9.85. The highest BCUT2D eigenvalue weighted by Gasteiger charge is 2.20. The third-order valence-electron chi connectivity index (χ3n) is 2.89. The van der Waals surface area contributed by atoms with Crippen LogP contribution in [0, 0.1) is 0 Å². The van der Waals surface area contributed by atoms with Crippen LogP contribution in [0.25, 0.3) is 0 Å². The lowest BCUT2D eigenvalue weighted by molar-refractivity contribution is -0.139. The Labute approximate surface area is 102 Å². The molecule has 3 nitrogen and oxygen atoms in total. The van der Waals surface area contributed by atoms with Gasteiger partial charge in [-0.25, -0.2) is 0 Å². The largest absolute Gasteiger partial charge is 0.481 e. The first-order valence-corrected chi connectivity index (χ1v) is 5.80. The summed E-state index contributed by atoms with van der Waals surface area (Å²) in [4.78, 5) is 11.1. The van der Waals surface area contributed by atoms with Crippen LogP contribution in [0.4, 0.5) is 0 Å². The summed E-state index contributed by atoms with van der Waals surface area (Å²) in [5.74, 6) is -1.50. The van der Waals surface area contributed by atoms with E-state index in [2.05, 4.69) is 20.8 Å². The van der Waals surface area contributed by atoms with E-state index in [0.29, 0.717) is 0 Å². The average Bonchev–Trinajstić information content (AvgIpc) is 2.24. The molecule has 0 saturated heterocycles. The normalized spacial score (nSPS) is 13.4. The van der Waals surface area contributed by atoms with Gasteiger partial charge in [0, 0.05) is 6.61 Å². The van der Waals surface area contributed by atoms with Gasteiger partial charge in [-0.15, -0.1) is 0 Å². The zero-order chi connectivity index (χ0) is 13.1. The Kier molecular flexibility index (Phi) is 4.29. The van der Waals surface area contributed by atoms with Crippen molar-refractivity contribution in [1.82, 2.24) is 0 Å². The third-order valence-corrected chi connectivity index (χ3v) is 2.89. The number of carboxylic acids is 1. The molecule has 0 radical (unpaired) electrons. The van der Waals surface area contributed by atoms with E-state index in [-0.39, 0.29) is 18.4 Å². The fraction of sp³-hybridized carbons (Fsp3) is 0.500. The summed E-state index contributed by atoms with van der Waals surface area (Å²) in [5, 5.41) is 17.9. The fourth-order valence-corrected chi connectivity index (χ4v) is 1.78. The maximum Gasteiger partial charge on any atom is 0.311 e. The minimum atomic E-state index is -0.887. The molecule has 1 rings (SSSR count). The molecule has 0 bridgehead atoms. The Morgan fingerprint density at radius 3 is 2.12 bits per heavy atom. The summed E-state index contributed by atoms with van der Waals surface area (Å²) in [7, 11) is 0. The summed E-state index contributed by atoms with van der Waals surface area (Å²) >= 11 is 0. The fourth-order valence-electron chi connectivity index (χ4n) is 1.78. The zero-order valence-corrected chi connectivity index (χ0v) is 10.6. The standard InChI is InChI=1S/C14H20O3/c1-14(2,3)11-6-4-10(5-7-11)12(8-9-15)13(16)17/h4-7,12,15H,8-9H2,1-3H3,(H,16,17). The first kappa shape index (κ1) is 13.7. The smallest absolute Gasteiger partial charge is 0.311 e. The Balaban J connectivity index is 2.96. The summed E-state index contributed by atoms with van der Waals surface area (Å²) in [6.45, 7) is 6.23. The molecule has 1 unspecified atom stereocenters. The van der Waals surface area contributed by atoms with Gasteiger partial charge in [0.05, 0.1) is 5.92 Å². The van der Waals surface area contributed by atoms with Crippen LogP contribution < -0.4 is 0 Å². The number of aliphatic hydroxyl groups is 1. The van der Waals surface area contributed by atoms with Crippen LogP contribution in [-0.2, 0) is 10.2 Å². The average molecular weight is 236 g/mol. The minimum Gasteiger partial charge on any atom is -0.481 e. The van der Waals surface area contributed by atoms with Gasteiger partial charge in [0.2, 0.25) is 0 Å². The minimum absolute atomic E-state index is 0.0637. The molecule has 0 spiro atoms. The highest BCUT2D eigenvalue weighted by molar-refractivity contribution is 5.76. The number of hydrogen-bond acceptors (Lipinski definition) is 2. The second-order valence-electron chi connectivity index (χ2n) is 5.28. The molecular formula is C14H20O3. The van der Waals surface area contributed by atoms with Gasteiger partial charge in [0.25, 0.3) is 0 Å². The van der Waals surface area contributed by atoms with Gasteiger partial charge < -0.3 is 10.2 Å². The zero-order valence-electron chi connectivity index (χ0n) is 10.6. The second kappa shape index (κ2) is 5.32. The van der Waals surface area contributed by atoms with Crippen LogP contribution >= 0.6 is 0 Å². The number of rotatable bonds is 4. The molecule has 94 valence electrons. The van der Waals surface area contributed by atoms with Gasteiger partial charge in [0.1, 0.15) is 0 Å². The molecule has 0 aliphatic carbocycles. The molecular weight excluding hydrogens is 216 g/mol. The van der Waals surface area contributed by atoms with Crippen LogP contribution in [0.1, 0.15) is 44.2 Å². The van der Waals surface area contributed by atoms with E-state index in [1.807, 2.05) is 24.3 Å². The number of benzene rings is 1. The van der Waals surface area contributed by atoms with Gasteiger partial charge in [-0.2, -0.15) is 0 Å². The summed E-state index contributed by atoms with van der Waals surface area (Å²) in [6.07, 6.45) is 0.254. The number of aliphatic carboxylic acids is 1. The first-order valence-electron chi connectivity index (χ1n) is 5.80. The maximum atomic E-state index is 11.1. The molecule has 2 N–H and O–H groups in total. The van der Waals surface area contributed by atoms with Gasteiger partial charge in [-0.1, -0.05) is 45.0 Å². The molecule has 1 aromatic rings. The monoisotopic (exact) mass is 236 g/mol. The van der Waals surface area contributed by atoms with Crippen molar-refractivity contribution in [3.8, 4) is 0 Å². The van der Waals surface area contributed by atoms with Gasteiger partial charge in [-0.3, -0.25) is 4.79 Å². The van der Waals surface area contributed by atoms with Crippen molar-refractivity contribution in [1.29, 1.82) is 0 Å². The van der Waals surface area contributed by atoms with Gasteiger partial charge in [-0.05, 0) is 23.0 Å². The highest BCUT2D eigenvalue weighted by atomic mass is 16.4. The summed E-state index contributed by atoms with van der Waals surface area (Å²) < 4.78 is 0. The number of carboxylic acid groups (broad SMARTS) is 1. The Morgan fingerprint density at radius 2 is 1.76 bits per heavy atom. The van der Waals surface area contributed by atoms with Crippen molar-refractivity contribution in [3.63, 3.8) is 0 Å². The van der Waals surface area contributed by atoms with E-state index >= 15 is 0 Å². The van der Waals surface area contributed by atoms with E-state index in [0.717, 1.165) is 5.56 Å². The van der Waals surface area contributed by atoms with Crippen molar-refractivity contribution >= 4 is 5.97 Å². The topological polar surface area (TPSA) is 57.5 Å². The third kappa shape index (κ3) is 3.56. The number of aliphatic hydroxyl groups excluding tert-OH is 1.